The van der Waals surface area contributed by atoms with Crippen molar-refractivity contribution >= 4 is 23.2 Å². The molecule has 6 heteroatoms. The molecule has 0 atom stereocenters. The van der Waals surface area contributed by atoms with Crippen LogP contribution in [0.2, 0.25) is 0 Å². The topological polar surface area (TPSA) is 61.9 Å². The van der Waals surface area contributed by atoms with Crippen molar-refractivity contribution in [3.63, 3.8) is 0 Å². The maximum absolute atomic E-state index is 13.1. The molecule has 0 heterocycles. The molecule has 0 aliphatic carbocycles. The van der Waals surface area contributed by atoms with E-state index in [0.717, 1.165) is 36.1 Å². The summed E-state index contributed by atoms with van der Waals surface area (Å²) in [6.07, 6.45) is 2.59. The monoisotopic (exact) mass is 453 g/mol. The second kappa shape index (κ2) is 13.6. The second-order valence-corrected chi connectivity index (χ2v) is 8.54. The summed E-state index contributed by atoms with van der Waals surface area (Å²) in [6, 6.07) is 15.6. The van der Waals surface area contributed by atoms with E-state index < -0.39 is 0 Å². The van der Waals surface area contributed by atoms with Crippen LogP contribution in [0.3, 0.4) is 0 Å². The summed E-state index contributed by atoms with van der Waals surface area (Å²) < 4.78 is 5.55. The molecule has 0 saturated carbocycles. The van der Waals surface area contributed by atoms with Gasteiger partial charge in [-0.2, -0.15) is 0 Å². The summed E-state index contributed by atoms with van der Waals surface area (Å²) >= 11 is 0. The molecule has 0 aromatic heterocycles. The smallest absolute Gasteiger partial charge is 0.250 e. The summed E-state index contributed by atoms with van der Waals surface area (Å²) in [4.78, 5) is 29.5. The Labute approximate surface area is 198 Å². The number of carbonyl (C=O) groups is 2. The van der Waals surface area contributed by atoms with Gasteiger partial charge in [-0.15, -0.1) is 0 Å². The highest BCUT2D eigenvalue weighted by molar-refractivity contribution is 5.92. The van der Waals surface area contributed by atoms with Crippen LogP contribution in [0, 0.1) is 5.92 Å². The van der Waals surface area contributed by atoms with Crippen LogP contribution < -0.4 is 10.2 Å². The number of benzene rings is 2. The van der Waals surface area contributed by atoms with Gasteiger partial charge in [0.15, 0.2) is 0 Å². The first-order valence-electron chi connectivity index (χ1n) is 11.9. The minimum absolute atomic E-state index is 0.0191. The van der Waals surface area contributed by atoms with Gasteiger partial charge in [0.2, 0.25) is 11.8 Å². The van der Waals surface area contributed by atoms with Crippen molar-refractivity contribution in [2.75, 3.05) is 37.5 Å². The fourth-order valence-electron chi connectivity index (χ4n) is 3.90. The third kappa shape index (κ3) is 8.21. The van der Waals surface area contributed by atoms with Crippen molar-refractivity contribution in [3.8, 4) is 0 Å². The van der Waals surface area contributed by atoms with E-state index in [1.807, 2.05) is 72.4 Å². The average molecular weight is 454 g/mol. The SMILES string of the molecule is CCCN(Cc1cc(NC(=O)COCc2ccccc2)ccc1N(C)C)C(=O)C(CC)CC. The van der Waals surface area contributed by atoms with Crippen LogP contribution in [0.15, 0.2) is 48.5 Å². The van der Waals surface area contributed by atoms with Gasteiger partial charge in [0, 0.05) is 44.5 Å². The highest BCUT2D eigenvalue weighted by Gasteiger charge is 2.22. The number of nitrogens with one attached hydrogen (secondary N) is 1. The van der Waals surface area contributed by atoms with E-state index in [1.54, 1.807) is 0 Å². The third-order valence-electron chi connectivity index (χ3n) is 5.69. The molecule has 0 spiro atoms. The Balaban J connectivity index is 2.10. The van der Waals surface area contributed by atoms with Gasteiger partial charge < -0.3 is 19.9 Å². The standard InChI is InChI=1S/C27H39N3O3/c1-6-16-30(27(32)22(7-2)8-3)18-23-17-24(14-15-25(23)29(4)5)28-26(31)20-33-19-21-12-10-9-11-13-21/h9-15,17,22H,6-8,16,18-20H2,1-5H3,(H,28,31). The average Bonchev–Trinajstić information content (AvgIpc) is 2.80. The molecule has 0 aliphatic heterocycles. The van der Waals surface area contributed by atoms with E-state index in [-0.39, 0.29) is 24.3 Å². The molecular formula is C27H39N3O3. The summed E-state index contributed by atoms with van der Waals surface area (Å²) in [7, 11) is 3.97. The van der Waals surface area contributed by atoms with E-state index in [2.05, 4.69) is 26.1 Å². The van der Waals surface area contributed by atoms with E-state index >= 15 is 0 Å². The number of hydrogen-bond acceptors (Lipinski definition) is 4. The maximum atomic E-state index is 13.1. The molecule has 33 heavy (non-hydrogen) atoms. The summed E-state index contributed by atoms with van der Waals surface area (Å²) in [5.41, 5.74) is 3.78. The highest BCUT2D eigenvalue weighted by Crippen LogP contribution is 2.26. The molecule has 0 bridgehead atoms. The number of carbonyl (C=O) groups excluding carboxylic acids is 2. The molecule has 180 valence electrons. The molecule has 0 saturated heterocycles. The predicted octanol–water partition coefficient (Wildman–Crippen LogP) is 5.08. The Morgan fingerprint density at radius 1 is 1.00 bits per heavy atom. The van der Waals surface area contributed by atoms with Crippen molar-refractivity contribution in [2.24, 2.45) is 5.92 Å². The Hall–Kier alpha value is -2.86. The van der Waals surface area contributed by atoms with E-state index in [0.29, 0.717) is 25.4 Å². The molecule has 0 radical (unpaired) electrons. The first-order valence-corrected chi connectivity index (χ1v) is 11.9. The number of ether oxygens (including phenoxy) is 1. The van der Waals surface area contributed by atoms with Crippen molar-refractivity contribution in [3.05, 3.63) is 59.7 Å². The summed E-state index contributed by atoms with van der Waals surface area (Å²) in [6.45, 7) is 7.83. The van der Waals surface area contributed by atoms with E-state index in [9.17, 15) is 9.59 Å². The van der Waals surface area contributed by atoms with Crippen LogP contribution in [0.25, 0.3) is 0 Å². The van der Waals surface area contributed by atoms with Crippen LogP contribution in [0.4, 0.5) is 11.4 Å². The first kappa shape index (κ1) is 26.4. The number of amides is 2. The van der Waals surface area contributed by atoms with Crippen LogP contribution in [-0.4, -0.2) is 44.0 Å². The zero-order valence-electron chi connectivity index (χ0n) is 20.8. The molecule has 2 amide bonds. The molecule has 2 rings (SSSR count). The fourth-order valence-corrected chi connectivity index (χ4v) is 3.90. The van der Waals surface area contributed by atoms with Crippen molar-refractivity contribution in [1.82, 2.24) is 4.90 Å². The Kier molecular flexibility index (Phi) is 10.9. The zero-order chi connectivity index (χ0) is 24.2. The lowest BCUT2D eigenvalue weighted by Crippen LogP contribution is -2.36. The van der Waals surface area contributed by atoms with Crippen LogP contribution in [0.5, 0.6) is 0 Å². The second-order valence-electron chi connectivity index (χ2n) is 8.54. The lowest BCUT2D eigenvalue weighted by molar-refractivity contribution is -0.136. The van der Waals surface area contributed by atoms with Gasteiger partial charge in [0.1, 0.15) is 6.61 Å². The number of anilines is 2. The van der Waals surface area contributed by atoms with Gasteiger partial charge >= 0.3 is 0 Å². The normalized spacial score (nSPS) is 10.8. The summed E-state index contributed by atoms with van der Waals surface area (Å²) in [5.74, 6) is 0.0484. The molecule has 0 fully saturated rings. The number of hydrogen-bond donors (Lipinski definition) is 1. The molecule has 1 N–H and O–H groups in total. The van der Waals surface area contributed by atoms with Gasteiger partial charge in [-0.3, -0.25) is 9.59 Å². The molecule has 0 unspecified atom stereocenters. The van der Waals surface area contributed by atoms with Crippen molar-refractivity contribution < 1.29 is 14.3 Å². The summed E-state index contributed by atoms with van der Waals surface area (Å²) in [5, 5.41) is 2.93. The Bertz CT molecular complexity index is 879. The predicted molar refractivity (Wildman–Crippen MR) is 135 cm³/mol. The van der Waals surface area contributed by atoms with Gasteiger partial charge in [-0.1, -0.05) is 51.1 Å². The lowest BCUT2D eigenvalue weighted by Gasteiger charge is -2.28. The van der Waals surface area contributed by atoms with Gasteiger partial charge in [-0.05, 0) is 48.6 Å². The molecule has 0 aliphatic rings. The van der Waals surface area contributed by atoms with Gasteiger partial charge in [0.25, 0.3) is 0 Å². The maximum Gasteiger partial charge on any atom is 0.250 e. The number of nitrogens with zero attached hydrogens (tertiary/aromatic N) is 2. The zero-order valence-corrected chi connectivity index (χ0v) is 20.8. The molecule has 6 nitrogen and oxygen atoms in total. The van der Waals surface area contributed by atoms with E-state index in [1.165, 1.54) is 0 Å². The van der Waals surface area contributed by atoms with E-state index in [4.69, 9.17) is 4.74 Å². The van der Waals surface area contributed by atoms with Crippen LogP contribution in [0.1, 0.15) is 51.2 Å². The fraction of sp³-hybridized carbons (Fsp3) is 0.481. The lowest BCUT2D eigenvalue weighted by atomic mass is 10.0. The first-order chi connectivity index (χ1) is 15.9. The molecule has 2 aromatic rings. The van der Waals surface area contributed by atoms with Gasteiger partial charge in [0.05, 0.1) is 6.61 Å². The van der Waals surface area contributed by atoms with Crippen LogP contribution in [-0.2, 0) is 27.5 Å². The quantitative estimate of drug-likeness (QED) is 0.459. The third-order valence-corrected chi connectivity index (χ3v) is 5.69. The highest BCUT2D eigenvalue weighted by atomic mass is 16.5. The minimum atomic E-state index is -0.201. The Morgan fingerprint density at radius 2 is 1.70 bits per heavy atom. The number of rotatable bonds is 13. The van der Waals surface area contributed by atoms with Crippen molar-refractivity contribution in [2.45, 2.75) is 53.2 Å². The van der Waals surface area contributed by atoms with Crippen molar-refractivity contribution in [1.29, 1.82) is 0 Å². The van der Waals surface area contributed by atoms with Gasteiger partial charge in [-0.25, -0.2) is 0 Å². The van der Waals surface area contributed by atoms with Crippen LogP contribution >= 0.6 is 0 Å². The molecule has 2 aromatic carbocycles. The molecular weight excluding hydrogens is 414 g/mol. The largest absolute Gasteiger partial charge is 0.377 e. The minimum Gasteiger partial charge on any atom is -0.377 e. The Morgan fingerprint density at radius 3 is 2.30 bits per heavy atom.